The lowest BCUT2D eigenvalue weighted by Gasteiger charge is -2.10. The normalized spacial score (nSPS) is 10.7. The van der Waals surface area contributed by atoms with Gasteiger partial charge in [-0.1, -0.05) is 11.6 Å². The highest BCUT2D eigenvalue weighted by Gasteiger charge is 2.25. The fourth-order valence-corrected chi connectivity index (χ4v) is 1.80. The van der Waals surface area contributed by atoms with Crippen molar-refractivity contribution in [2.75, 3.05) is 5.73 Å². The first kappa shape index (κ1) is 15.0. The third kappa shape index (κ3) is 2.38. The van der Waals surface area contributed by atoms with E-state index < -0.39 is 56.9 Å². The van der Waals surface area contributed by atoms with Crippen LogP contribution in [0.2, 0.25) is 5.02 Å². The number of anilines is 1. The van der Waals surface area contributed by atoms with Crippen molar-refractivity contribution < 1.29 is 27.5 Å². The first-order valence-corrected chi connectivity index (χ1v) is 5.65. The molecule has 0 bridgehead atoms. The summed E-state index contributed by atoms with van der Waals surface area (Å²) in [4.78, 5) is 14.2. The van der Waals surface area contributed by atoms with Crippen LogP contribution in [0.3, 0.4) is 0 Å². The van der Waals surface area contributed by atoms with Gasteiger partial charge in [-0.2, -0.15) is 0 Å². The molecule has 2 aromatic rings. The predicted molar refractivity (Wildman–Crippen MR) is 65.9 cm³/mol. The number of carbonyl (C=O) groups is 1. The molecule has 0 fully saturated rings. The van der Waals surface area contributed by atoms with E-state index in [9.17, 15) is 22.4 Å². The molecule has 110 valence electrons. The van der Waals surface area contributed by atoms with Crippen LogP contribution < -0.4 is 5.73 Å². The summed E-state index contributed by atoms with van der Waals surface area (Å²) in [6, 6.07) is 1.25. The lowest BCUT2D eigenvalue weighted by Crippen LogP contribution is -2.09. The molecule has 3 N–H and O–H groups in total. The fourth-order valence-electron chi connectivity index (χ4n) is 1.59. The van der Waals surface area contributed by atoms with Gasteiger partial charge in [-0.3, -0.25) is 0 Å². The number of pyridine rings is 1. The van der Waals surface area contributed by atoms with Gasteiger partial charge in [0.1, 0.15) is 5.69 Å². The quantitative estimate of drug-likeness (QED) is 0.658. The highest BCUT2D eigenvalue weighted by molar-refractivity contribution is 6.35. The maximum absolute atomic E-state index is 14.0. The number of nitrogens with zero attached hydrogens (tertiary/aromatic N) is 1. The monoisotopic (exact) mass is 320 g/mol. The molecule has 1 heterocycles. The van der Waals surface area contributed by atoms with E-state index in [0.717, 1.165) is 0 Å². The number of nitrogen functional groups attached to an aromatic ring is 1. The first-order chi connectivity index (χ1) is 9.75. The molecule has 1 aromatic heterocycles. The van der Waals surface area contributed by atoms with Gasteiger partial charge in [0, 0.05) is 5.56 Å². The van der Waals surface area contributed by atoms with Gasteiger partial charge in [-0.05, 0) is 12.1 Å². The van der Waals surface area contributed by atoms with Crippen molar-refractivity contribution >= 4 is 23.3 Å². The largest absolute Gasteiger partial charge is 0.476 e. The number of aromatic carboxylic acids is 1. The van der Waals surface area contributed by atoms with Crippen molar-refractivity contribution in [3.05, 3.63) is 46.1 Å². The van der Waals surface area contributed by atoms with Gasteiger partial charge in [0.05, 0.1) is 10.7 Å². The maximum Gasteiger partial charge on any atom is 0.356 e. The standard InChI is InChI=1S/C12H5ClF4N2O2/c13-5-9(18)8(17)10(19-11(5)12(20)21)3-1-2-4(14)7(16)6(3)15/h1-2H,(H2,18,19)(H,20,21). The van der Waals surface area contributed by atoms with Crippen LogP contribution in [0.25, 0.3) is 11.3 Å². The summed E-state index contributed by atoms with van der Waals surface area (Å²) < 4.78 is 53.6. The van der Waals surface area contributed by atoms with Crippen molar-refractivity contribution in [1.29, 1.82) is 0 Å². The summed E-state index contributed by atoms with van der Waals surface area (Å²) in [7, 11) is 0. The molecule has 0 aliphatic rings. The number of rotatable bonds is 2. The molecular weight excluding hydrogens is 316 g/mol. The lowest BCUT2D eigenvalue weighted by molar-refractivity contribution is 0.0691. The van der Waals surface area contributed by atoms with Crippen LogP contribution in [0.4, 0.5) is 23.2 Å². The molecule has 21 heavy (non-hydrogen) atoms. The van der Waals surface area contributed by atoms with Gasteiger partial charge in [0.15, 0.2) is 29.0 Å². The summed E-state index contributed by atoms with van der Waals surface area (Å²) in [5.74, 6) is -8.04. The second kappa shape index (κ2) is 5.21. The minimum absolute atomic E-state index is 0.542. The van der Waals surface area contributed by atoms with Crippen LogP contribution in [-0.2, 0) is 0 Å². The Morgan fingerprint density at radius 2 is 1.76 bits per heavy atom. The van der Waals surface area contributed by atoms with Gasteiger partial charge in [-0.25, -0.2) is 27.3 Å². The zero-order valence-corrected chi connectivity index (χ0v) is 10.7. The van der Waals surface area contributed by atoms with Gasteiger partial charge >= 0.3 is 5.97 Å². The van der Waals surface area contributed by atoms with E-state index in [1.807, 2.05) is 0 Å². The van der Waals surface area contributed by atoms with Crippen molar-refractivity contribution in [2.24, 2.45) is 0 Å². The minimum Gasteiger partial charge on any atom is -0.476 e. The average Bonchev–Trinajstić information content (AvgIpc) is 2.43. The van der Waals surface area contributed by atoms with Gasteiger partial charge in [0.2, 0.25) is 0 Å². The molecule has 0 aliphatic carbocycles. The fraction of sp³-hybridized carbons (Fsp3) is 0. The molecule has 9 heteroatoms. The second-order valence-corrected chi connectivity index (χ2v) is 4.26. The van der Waals surface area contributed by atoms with Crippen molar-refractivity contribution in [3.63, 3.8) is 0 Å². The summed E-state index contributed by atoms with van der Waals surface area (Å²) in [5, 5.41) is 8.19. The summed E-state index contributed by atoms with van der Waals surface area (Å²) in [6.07, 6.45) is 0. The number of halogens is 5. The molecule has 1 aromatic carbocycles. The van der Waals surface area contributed by atoms with Crippen molar-refractivity contribution in [1.82, 2.24) is 4.98 Å². The Balaban J connectivity index is 2.82. The number of hydrogen-bond donors (Lipinski definition) is 2. The number of carboxylic acid groups (broad SMARTS) is 1. The van der Waals surface area contributed by atoms with Gasteiger partial charge < -0.3 is 10.8 Å². The summed E-state index contributed by atoms with van der Waals surface area (Å²) >= 11 is 5.51. The molecule has 4 nitrogen and oxygen atoms in total. The van der Waals surface area contributed by atoms with Crippen molar-refractivity contribution in [2.45, 2.75) is 0 Å². The topological polar surface area (TPSA) is 76.2 Å². The van der Waals surface area contributed by atoms with Crippen LogP contribution in [0.5, 0.6) is 0 Å². The summed E-state index contributed by atoms with van der Waals surface area (Å²) in [6.45, 7) is 0. The molecular formula is C12H5ClF4N2O2. The third-order valence-corrected chi connectivity index (χ3v) is 2.99. The van der Waals surface area contributed by atoms with Gasteiger partial charge in [0.25, 0.3) is 0 Å². The van der Waals surface area contributed by atoms with E-state index in [0.29, 0.717) is 12.1 Å². The second-order valence-electron chi connectivity index (χ2n) is 3.88. The molecule has 0 saturated carbocycles. The molecule has 0 spiro atoms. The van der Waals surface area contributed by atoms with E-state index in [1.54, 1.807) is 0 Å². The SMILES string of the molecule is Nc1c(F)c(-c2ccc(F)c(F)c2F)nc(C(=O)O)c1Cl. The highest BCUT2D eigenvalue weighted by Crippen LogP contribution is 2.34. The van der Waals surface area contributed by atoms with Crippen molar-refractivity contribution in [3.8, 4) is 11.3 Å². The first-order valence-electron chi connectivity index (χ1n) is 5.27. The maximum atomic E-state index is 14.0. The van der Waals surface area contributed by atoms with E-state index in [2.05, 4.69) is 4.98 Å². The van der Waals surface area contributed by atoms with Crippen LogP contribution in [0.1, 0.15) is 10.5 Å². The molecule has 0 unspecified atom stereocenters. The average molecular weight is 321 g/mol. The Labute approximate surface area is 119 Å². The van der Waals surface area contributed by atoms with E-state index >= 15 is 0 Å². The lowest BCUT2D eigenvalue weighted by atomic mass is 10.1. The Morgan fingerprint density at radius 1 is 1.14 bits per heavy atom. The Hall–Kier alpha value is -2.35. The van der Waals surface area contributed by atoms with Gasteiger partial charge in [-0.15, -0.1) is 0 Å². The van der Waals surface area contributed by atoms with Crippen LogP contribution in [0.15, 0.2) is 12.1 Å². The Kier molecular flexibility index (Phi) is 3.73. The molecule has 0 aliphatic heterocycles. The molecule has 2 rings (SSSR count). The zero-order valence-electron chi connectivity index (χ0n) is 9.92. The minimum atomic E-state index is -1.85. The Morgan fingerprint density at radius 3 is 2.33 bits per heavy atom. The highest BCUT2D eigenvalue weighted by atomic mass is 35.5. The predicted octanol–water partition coefficient (Wildman–Crippen LogP) is 3.24. The number of carboxylic acids is 1. The molecule has 0 amide bonds. The van der Waals surface area contributed by atoms with E-state index in [4.69, 9.17) is 22.4 Å². The van der Waals surface area contributed by atoms with Crippen LogP contribution in [0, 0.1) is 23.3 Å². The number of hydrogen-bond acceptors (Lipinski definition) is 3. The van der Waals surface area contributed by atoms with E-state index in [-0.39, 0.29) is 0 Å². The summed E-state index contributed by atoms with van der Waals surface area (Å²) in [5.41, 5.74) is 1.99. The number of aromatic nitrogens is 1. The van der Waals surface area contributed by atoms with E-state index in [1.165, 1.54) is 0 Å². The molecule has 0 atom stereocenters. The number of nitrogens with two attached hydrogens (primary N) is 1. The third-order valence-electron chi connectivity index (χ3n) is 2.61. The molecule has 0 radical (unpaired) electrons. The van der Waals surface area contributed by atoms with Crippen LogP contribution in [-0.4, -0.2) is 16.1 Å². The number of benzene rings is 1. The smallest absolute Gasteiger partial charge is 0.356 e. The zero-order chi connectivity index (χ0) is 15.9. The van der Waals surface area contributed by atoms with Crippen LogP contribution >= 0.6 is 11.6 Å². The Bertz CT molecular complexity index is 768. The molecule has 0 saturated heterocycles.